The van der Waals surface area contributed by atoms with Crippen LogP contribution in [-0.4, -0.2) is 12.5 Å². The Morgan fingerprint density at radius 2 is 2.10 bits per heavy atom. The molecule has 0 aliphatic heterocycles. The molecule has 1 unspecified atom stereocenters. The normalized spacial score (nSPS) is 21.9. The Balaban J connectivity index is 2.24. The lowest BCUT2D eigenvalue weighted by atomic mass is 10.3. The summed E-state index contributed by atoms with van der Waals surface area (Å²) in [5.74, 6) is 0. The van der Waals surface area contributed by atoms with E-state index < -0.39 is 12.5 Å². The van der Waals surface area contributed by atoms with Crippen molar-refractivity contribution < 1.29 is 17.9 Å². The molecule has 1 radical (unpaired) electrons. The SMILES string of the molecule is FC(F)(F)OC1C[CH]CC1. The quantitative estimate of drug-likeness (QED) is 0.561. The lowest BCUT2D eigenvalue weighted by Gasteiger charge is -2.12. The lowest BCUT2D eigenvalue weighted by molar-refractivity contribution is -0.341. The molecule has 0 bridgehead atoms. The fourth-order valence-corrected chi connectivity index (χ4v) is 1.02. The summed E-state index contributed by atoms with van der Waals surface area (Å²) in [5, 5.41) is 0. The number of rotatable bonds is 1. The third-order valence-electron chi connectivity index (χ3n) is 1.42. The minimum atomic E-state index is -4.46. The molecule has 10 heavy (non-hydrogen) atoms. The molecule has 0 aromatic carbocycles. The van der Waals surface area contributed by atoms with E-state index in [0.29, 0.717) is 12.8 Å². The first-order valence-electron chi connectivity index (χ1n) is 3.14. The molecule has 1 aliphatic rings. The Morgan fingerprint density at radius 1 is 1.40 bits per heavy atom. The Bertz CT molecular complexity index is 104. The van der Waals surface area contributed by atoms with Crippen LogP contribution in [0.25, 0.3) is 0 Å². The molecule has 0 amide bonds. The van der Waals surface area contributed by atoms with Gasteiger partial charge in [0.15, 0.2) is 0 Å². The summed E-state index contributed by atoms with van der Waals surface area (Å²) in [5.41, 5.74) is 0. The van der Waals surface area contributed by atoms with Gasteiger partial charge in [0.05, 0.1) is 6.10 Å². The van der Waals surface area contributed by atoms with Gasteiger partial charge in [-0.25, -0.2) is 0 Å². The Labute approximate surface area is 57.2 Å². The smallest absolute Gasteiger partial charge is 0.289 e. The molecule has 0 N–H and O–H groups in total. The number of hydrogen-bond donors (Lipinski definition) is 0. The molecule has 0 aromatic heterocycles. The maximum absolute atomic E-state index is 11.5. The van der Waals surface area contributed by atoms with Crippen molar-refractivity contribution in [3.63, 3.8) is 0 Å². The van der Waals surface area contributed by atoms with Crippen molar-refractivity contribution in [3.8, 4) is 0 Å². The summed E-state index contributed by atoms with van der Waals surface area (Å²) in [6.45, 7) is 0. The molecule has 0 heterocycles. The molecular weight excluding hydrogens is 145 g/mol. The first kappa shape index (κ1) is 7.85. The van der Waals surface area contributed by atoms with Gasteiger partial charge in [-0.2, -0.15) is 0 Å². The summed E-state index contributed by atoms with van der Waals surface area (Å²) >= 11 is 0. The second-order valence-electron chi connectivity index (χ2n) is 2.29. The molecule has 59 valence electrons. The van der Waals surface area contributed by atoms with Crippen molar-refractivity contribution in [3.05, 3.63) is 6.42 Å². The average Bonchev–Trinajstić information content (AvgIpc) is 2.12. The van der Waals surface area contributed by atoms with Gasteiger partial charge in [-0.15, -0.1) is 13.2 Å². The van der Waals surface area contributed by atoms with E-state index in [1.54, 1.807) is 0 Å². The Kier molecular flexibility index (Phi) is 2.18. The third kappa shape index (κ3) is 2.56. The highest BCUT2D eigenvalue weighted by Crippen LogP contribution is 2.27. The molecule has 1 fully saturated rings. The van der Waals surface area contributed by atoms with Gasteiger partial charge in [-0.3, -0.25) is 4.74 Å². The molecule has 1 nitrogen and oxygen atoms in total. The summed E-state index contributed by atoms with van der Waals surface area (Å²) in [4.78, 5) is 0. The van der Waals surface area contributed by atoms with Crippen LogP contribution in [0, 0.1) is 6.42 Å². The summed E-state index contributed by atoms with van der Waals surface area (Å²) in [7, 11) is 0. The molecule has 1 aliphatic carbocycles. The summed E-state index contributed by atoms with van der Waals surface area (Å²) in [6.07, 6.45) is -1.60. The van der Waals surface area contributed by atoms with Gasteiger partial charge in [-0.05, 0) is 25.7 Å². The maximum Gasteiger partial charge on any atom is 0.522 e. The van der Waals surface area contributed by atoms with E-state index in [1.807, 2.05) is 6.42 Å². The second-order valence-corrected chi connectivity index (χ2v) is 2.29. The van der Waals surface area contributed by atoms with Crippen LogP contribution in [0.3, 0.4) is 0 Å². The summed E-state index contributed by atoms with van der Waals surface area (Å²) in [6, 6.07) is 0. The molecule has 4 heteroatoms. The van der Waals surface area contributed by atoms with E-state index in [-0.39, 0.29) is 0 Å². The first-order chi connectivity index (χ1) is 4.58. The molecule has 1 saturated carbocycles. The lowest BCUT2D eigenvalue weighted by Crippen LogP contribution is -2.21. The first-order valence-corrected chi connectivity index (χ1v) is 3.14. The fraction of sp³-hybridized carbons (Fsp3) is 0.833. The molecule has 1 rings (SSSR count). The van der Waals surface area contributed by atoms with Gasteiger partial charge in [-0.1, -0.05) is 0 Å². The van der Waals surface area contributed by atoms with Crippen LogP contribution in [0.1, 0.15) is 19.3 Å². The molecular formula is C6H8F3O. The van der Waals surface area contributed by atoms with Crippen molar-refractivity contribution >= 4 is 0 Å². The zero-order chi connectivity index (χ0) is 7.61. The molecule has 1 atom stereocenters. The van der Waals surface area contributed by atoms with Gasteiger partial charge in [0.1, 0.15) is 0 Å². The van der Waals surface area contributed by atoms with Crippen LogP contribution in [0.4, 0.5) is 13.2 Å². The number of hydrogen-bond acceptors (Lipinski definition) is 1. The average molecular weight is 153 g/mol. The van der Waals surface area contributed by atoms with E-state index in [9.17, 15) is 13.2 Å². The standard InChI is InChI=1S/C6H8F3O/c7-6(8,9)10-5-3-1-2-4-5/h1,5H,2-4H2. The number of halogens is 3. The van der Waals surface area contributed by atoms with Crippen LogP contribution in [0.2, 0.25) is 0 Å². The van der Waals surface area contributed by atoms with Crippen molar-refractivity contribution in [1.29, 1.82) is 0 Å². The Morgan fingerprint density at radius 3 is 2.50 bits per heavy atom. The molecule has 0 aromatic rings. The molecule has 0 spiro atoms. The second kappa shape index (κ2) is 2.78. The van der Waals surface area contributed by atoms with E-state index in [0.717, 1.165) is 6.42 Å². The van der Waals surface area contributed by atoms with Gasteiger partial charge in [0.25, 0.3) is 0 Å². The highest BCUT2D eigenvalue weighted by molar-refractivity contribution is 4.81. The number of alkyl halides is 3. The monoisotopic (exact) mass is 153 g/mol. The summed E-state index contributed by atoms with van der Waals surface area (Å²) < 4.78 is 38.2. The minimum absolute atomic E-state index is 0.430. The topological polar surface area (TPSA) is 9.23 Å². The zero-order valence-corrected chi connectivity index (χ0v) is 5.32. The van der Waals surface area contributed by atoms with Crippen LogP contribution in [0.15, 0.2) is 0 Å². The largest absolute Gasteiger partial charge is 0.522 e. The zero-order valence-electron chi connectivity index (χ0n) is 5.32. The van der Waals surface area contributed by atoms with E-state index in [4.69, 9.17) is 0 Å². The van der Waals surface area contributed by atoms with Crippen molar-refractivity contribution in [1.82, 2.24) is 0 Å². The van der Waals surface area contributed by atoms with E-state index in [1.165, 1.54) is 0 Å². The van der Waals surface area contributed by atoms with Crippen LogP contribution < -0.4 is 0 Å². The van der Waals surface area contributed by atoms with E-state index >= 15 is 0 Å². The van der Waals surface area contributed by atoms with Crippen molar-refractivity contribution in [2.24, 2.45) is 0 Å². The van der Waals surface area contributed by atoms with Crippen molar-refractivity contribution in [2.45, 2.75) is 31.7 Å². The number of ether oxygens (including phenoxy) is 1. The van der Waals surface area contributed by atoms with Gasteiger partial charge in [0, 0.05) is 0 Å². The van der Waals surface area contributed by atoms with E-state index in [2.05, 4.69) is 4.74 Å². The predicted octanol–water partition coefficient (Wildman–Crippen LogP) is 2.28. The van der Waals surface area contributed by atoms with Crippen molar-refractivity contribution in [2.75, 3.05) is 0 Å². The minimum Gasteiger partial charge on any atom is -0.289 e. The molecule has 0 saturated heterocycles. The van der Waals surface area contributed by atoms with Crippen LogP contribution in [-0.2, 0) is 4.74 Å². The highest BCUT2D eigenvalue weighted by Gasteiger charge is 2.34. The fourth-order valence-electron chi connectivity index (χ4n) is 1.02. The van der Waals surface area contributed by atoms with Gasteiger partial charge >= 0.3 is 6.36 Å². The van der Waals surface area contributed by atoms with Gasteiger partial charge < -0.3 is 0 Å². The van der Waals surface area contributed by atoms with Crippen LogP contribution in [0.5, 0.6) is 0 Å². The third-order valence-corrected chi connectivity index (χ3v) is 1.42. The van der Waals surface area contributed by atoms with Crippen LogP contribution >= 0.6 is 0 Å². The highest BCUT2D eigenvalue weighted by atomic mass is 19.4. The van der Waals surface area contributed by atoms with Gasteiger partial charge in [0.2, 0.25) is 0 Å². The Hall–Kier alpha value is -0.250. The predicted molar refractivity (Wildman–Crippen MR) is 29.1 cm³/mol. The maximum atomic E-state index is 11.5.